The largest absolute Gasteiger partial charge is 0.311 e. The van der Waals surface area contributed by atoms with Gasteiger partial charge in [-0.05, 0) is 134 Å². The van der Waals surface area contributed by atoms with Gasteiger partial charge in [0.05, 0.1) is 11.0 Å². The predicted octanol–water partition coefficient (Wildman–Crippen LogP) is 18.2. The molecular weight excluding hydrogens is 849 g/mol. The number of hydrogen-bond acceptors (Lipinski definition) is 3. The van der Waals surface area contributed by atoms with Gasteiger partial charge in [0.25, 0.3) is 0 Å². The average molecular weight is 893 g/mol. The zero-order chi connectivity index (χ0) is 44.6. The normalized spacial score (nSPS) is 13.2. The summed E-state index contributed by atoms with van der Waals surface area (Å²) in [4.78, 5) is 7.61. The SMILES string of the molecule is CC1(C)c2ccccc2-c2ccc3c(c21)c1cc2c(cc1n3-c1ccc(-c3ccc(-c4ccc(N(c5ccccc5)c5ccc(-c6ccccc6)cc5)cc4)cc3)cc1)Sc1ccccc1S2. The second-order valence-electron chi connectivity index (χ2n) is 18.1. The molecular formula is C63H44N2S2. The van der Waals surface area contributed by atoms with Gasteiger partial charge in [0.2, 0.25) is 0 Å². The molecule has 10 aromatic carbocycles. The van der Waals surface area contributed by atoms with Crippen LogP contribution in [0.2, 0.25) is 0 Å². The maximum Gasteiger partial charge on any atom is 0.0553 e. The van der Waals surface area contributed by atoms with Crippen LogP contribution in [-0.2, 0) is 5.41 Å². The molecule has 2 nitrogen and oxygen atoms in total. The van der Waals surface area contributed by atoms with E-state index in [0.29, 0.717) is 0 Å². The fourth-order valence-electron chi connectivity index (χ4n) is 10.6. The van der Waals surface area contributed by atoms with Crippen LogP contribution in [0.15, 0.2) is 250 Å². The maximum atomic E-state index is 2.51. The predicted molar refractivity (Wildman–Crippen MR) is 284 cm³/mol. The van der Waals surface area contributed by atoms with Crippen LogP contribution in [0.4, 0.5) is 17.1 Å². The first kappa shape index (κ1) is 39.8. The minimum atomic E-state index is -0.134. The third kappa shape index (κ3) is 6.66. The molecule has 0 bridgehead atoms. The molecule has 1 aliphatic carbocycles. The van der Waals surface area contributed by atoms with E-state index in [1.807, 2.05) is 23.5 Å². The number of anilines is 3. The molecule has 1 aromatic heterocycles. The van der Waals surface area contributed by atoms with Gasteiger partial charge in [-0.2, -0.15) is 0 Å². The summed E-state index contributed by atoms with van der Waals surface area (Å²) in [5.74, 6) is 0. The van der Waals surface area contributed by atoms with Crippen LogP contribution in [0.5, 0.6) is 0 Å². The van der Waals surface area contributed by atoms with Crippen molar-refractivity contribution in [2.45, 2.75) is 38.8 Å². The van der Waals surface area contributed by atoms with Crippen LogP contribution in [0.3, 0.4) is 0 Å². The van der Waals surface area contributed by atoms with Crippen LogP contribution >= 0.6 is 23.5 Å². The van der Waals surface area contributed by atoms with Crippen molar-refractivity contribution in [2.24, 2.45) is 0 Å². The Bertz CT molecular complexity index is 3670. The smallest absolute Gasteiger partial charge is 0.0553 e. The molecule has 2 heterocycles. The molecule has 0 unspecified atom stereocenters. The van der Waals surface area contributed by atoms with Crippen molar-refractivity contribution in [1.29, 1.82) is 0 Å². The van der Waals surface area contributed by atoms with Crippen molar-refractivity contribution >= 4 is 62.4 Å². The van der Waals surface area contributed by atoms with E-state index < -0.39 is 0 Å². The molecule has 13 rings (SSSR count). The molecule has 0 N–H and O–H groups in total. The summed E-state index contributed by atoms with van der Waals surface area (Å²) >= 11 is 3.79. The Morgan fingerprint density at radius 1 is 0.373 bits per heavy atom. The molecule has 0 spiro atoms. The minimum absolute atomic E-state index is 0.134. The summed E-state index contributed by atoms with van der Waals surface area (Å²) in [6.07, 6.45) is 0. The van der Waals surface area contributed by atoms with Crippen molar-refractivity contribution in [1.82, 2.24) is 4.57 Å². The molecule has 0 fully saturated rings. The van der Waals surface area contributed by atoms with Crippen molar-refractivity contribution in [3.63, 3.8) is 0 Å². The summed E-state index contributed by atoms with van der Waals surface area (Å²) in [5.41, 5.74) is 19.6. The fraction of sp³-hybridized carbons (Fsp3) is 0.0476. The summed E-state index contributed by atoms with van der Waals surface area (Å²) in [7, 11) is 0. The highest BCUT2D eigenvalue weighted by molar-refractivity contribution is 8.05. The number of aromatic nitrogens is 1. The lowest BCUT2D eigenvalue weighted by Crippen LogP contribution is -2.15. The Balaban J connectivity index is 0.827. The highest BCUT2D eigenvalue weighted by Gasteiger charge is 2.38. The molecule has 0 atom stereocenters. The van der Waals surface area contributed by atoms with Crippen molar-refractivity contribution in [3.8, 4) is 50.2 Å². The Hall–Kier alpha value is -7.50. The van der Waals surface area contributed by atoms with E-state index in [0.717, 1.165) is 17.1 Å². The topological polar surface area (TPSA) is 8.17 Å². The van der Waals surface area contributed by atoms with Crippen LogP contribution < -0.4 is 4.90 Å². The van der Waals surface area contributed by atoms with E-state index in [-0.39, 0.29) is 5.41 Å². The van der Waals surface area contributed by atoms with Gasteiger partial charge in [0, 0.05) is 58.5 Å². The number of benzene rings is 10. The molecule has 0 saturated carbocycles. The number of hydrogen-bond donors (Lipinski definition) is 0. The van der Waals surface area contributed by atoms with Gasteiger partial charge in [-0.3, -0.25) is 0 Å². The van der Waals surface area contributed by atoms with E-state index in [1.165, 1.54) is 103 Å². The van der Waals surface area contributed by atoms with E-state index in [1.54, 1.807) is 0 Å². The van der Waals surface area contributed by atoms with Gasteiger partial charge >= 0.3 is 0 Å². The summed E-state index contributed by atoms with van der Waals surface area (Å²) in [6, 6.07) is 84.6. The zero-order valence-electron chi connectivity index (χ0n) is 37.2. The summed E-state index contributed by atoms with van der Waals surface area (Å²) in [6.45, 7) is 4.81. The number of nitrogens with zero attached hydrogens (tertiary/aromatic N) is 2. The fourth-order valence-corrected chi connectivity index (χ4v) is 12.9. The lowest BCUT2D eigenvalue weighted by Gasteiger charge is -2.26. The van der Waals surface area contributed by atoms with Crippen LogP contribution in [0, 0.1) is 0 Å². The summed E-state index contributed by atoms with van der Waals surface area (Å²) < 4.78 is 2.51. The van der Waals surface area contributed by atoms with E-state index in [2.05, 4.69) is 254 Å². The molecule has 0 amide bonds. The first-order valence-corrected chi connectivity index (χ1v) is 24.6. The third-order valence-electron chi connectivity index (χ3n) is 13.9. The van der Waals surface area contributed by atoms with Crippen molar-refractivity contribution in [3.05, 3.63) is 242 Å². The molecule has 318 valence electrons. The Labute approximate surface area is 400 Å². The zero-order valence-corrected chi connectivity index (χ0v) is 38.8. The molecule has 11 aromatic rings. The summed E-state index contributed by atoms with van der Waals surface area (Å²) in [5, 5.41) is 2.68. The second kappa shape index (κ2) is 15.8. The van der Waals surface area contributed by atoms with Gasteiger partial charge in [0.15, 0.2) is 0 Å². The van der Waals surface area contributed by atoms with Crippen LogP contribution in [-0.4, -0.2) is 4.57 Å². The first-order valence-electron chi connectivity index (χ1n) is 23.0. The lowest BCUT2D eigenvalue weighted by atomic mass is 9.80. The van der Waals surface area contributed by atoms with Gasteiger partial charge in [-0.1, -0.05) is 189 Å². The molecule has 1 aliphatic heterocycles. The highest BCUT2D eigenvalue weighted by atomic mass is 32.2. The first-order chi connectivity index (χ1) is 33.0. The monoisotopic (exact) mass is 892 g/mol. The van der Waals surface area contributed by atoms with E-state index >= 15 is 0 Å². The molecule has 4 heteroatoms. The van der Waals surface area contributed by atoms with Crippen LogP contribution in [0.1, 0.15) is 25.0 Å². The van der Waals surface area contributed by atoms with Crippen molar-refractivity contribution < 1.29 is 0 Å². The van der Waals surface area contributed by atoms with E-state index in [4.69, 9.17) is 0 Å². The Morgan fingerprint density at radius 2 is 0.836 bits per heavy atom. The standard InChI is InChI=1S/C63H44N2S2/c1-63(2)54-18-10-9-17-51(54)52-37-38-55-61(62(52)63)53-39-59-60(67-58-20-12-11-19-57(58)66-59)40-56(53)65(55)50-35-29-46(30-36-50)43-23-21-42(22-24-43)45-27-33-49(34-28-45)64(47-15-7-4-8-16-47)48-31-25-44(26-32-48)41-13-5-3-6-14-41/h3-40H,1-2H3. The third-order valence-corrected chi connectivity index (χ3v) is 16.4. The van der Waals surface area contributed by atoms with Gasteiger partial charge in [-0.25, -0.2) is 0 Å². The highest BCUT2D eigenvalue weighted by Crippen LogP contribution is 2.55. The van der Waals surface area contributed by atoms with Crippen LogP contribution in [0.25, 0.3) is 72.0 Å². The van der Waals surface area contributed by atoms with Crippen molar-refractivity contribution in [2.75, 3.05) is 4.90 Å². The lowest BCUT2D eigenvalue weighted by molar-refractivity contribution is 0.666. The quantitative estimate of drug-likeness (QED) is 0.158. The molecule has 2 aliphatic rings. The number of rotatable bonds is 7. The minimum Gasteiger partial charge on any atom is -0.311 e. The Kier molecular flexibility index (Phi) is 9.42. The maximum absolute atomic E-state index is 2.51. The Morgan fingerprint density at radius 3 is 1.43 bits per heavy atom. The van der Waals surface area contributed by atoms with Gasteiger partial charge in [-0.15, -0.1) is 0 Å². The van der Waals surface area contributed by atoms with Gasteiger partial charge < -0.3 is 9.47 Å². The van der Waals surface area contributed by atoms with Gasteiger partial charge in [0.1, 0.15) is 0 Å². The second-order valence-corrected chi connectivity index (χ2v) is 20.3. The molecule has 0 saturated heterocycles. The van der Waals surface area contributed by atoms with E-state index in [9.17, 15) is 0 Å². The number of para-hydroxylation sites is 1. The molecule has 0 radical (unpaired) electrons. The average Bonchev–Trinajstić information content (AvgIpc) is 3.83. The molecule has 67 heavy (non-hydrogen) atoms. The number of fused-ring (bicyclic) bond motifs is 9.